The van der Waals surface area contributed by atoms with E-state index in [1.165, 1.54) is 47.8 Å². The van der Waals surface area contributed by atoms with E-state index >= 15 is 0 Å². The molecule has 0 spiro atoms. The maximum Gasteiger partial charge on any atom is 0.0907 e. The van der Waals surface area contributed by atoms with Crippen LogP contribution in [0.25, 0.3) is 10.2 Å². The highest BCUT2D eigenvalue weighted by atomic mass is 32.1. The maximum atomic E-state index is 4.59. The molecule has 1 unspecified atom stereocenters. The number of hydrogen-bond donors (Lipinski definition) is 0. The Morgan fingerprint density at radius 1 is 1.07 bits per heavy atom. The van der Waals surface area contributed by atoms with Gasteiger partial charge in [-0.25, -0.2) is 4.98 Å². The molecule has 3 aromatic rings. The topological polar surface area (TPSA) is 29.0 Å². The summed E-state index contributed by atoms with van der Waals surface area (Å²) in [5.74, 6) is 0. The highest BCUT2D eigenvalue weighted by Gasteiger charge is 2.24. The first-order chi connectivity index (χ1) is 13.5. The summed E-state index contributed by atoms with van der Waals surface area (Å²) in [4.78, 5) is 11.8. The molecule has 0 saturated carbocycles. The van der Waals surface area contributed by atoms with Crippen molar-refractivity contribution in [2.24, 2.45) is 0 Å². The van der Waals surface area contributed by atoms with Crippen molar-refractivity contribution in [3.63, 3.8) is 0 Å². The predicted octanol–water partition coefficient (Wildman–Crippen LogP) is 5.47. The largest absolute Gasteiger partial charge is 0.297 e. The van der Waals surface area contributed by atoms with Gasteiger partial charge in [0.05, 0.1) is 15.2 Å². The summed E-state index contributed by atoms with van der Waals surface area (Å²) in [5.41, 5.74) is 7.21. The van der Waals surface area contributed by atoms with Crippen LogP contribution in [0.5, 0.6) is 0 Å². The summed E-state index contributed by atoms with van der Waals surface area (Å²) in [6, 6.07) is 13.0. The number of nitrogens with zero attached hydrogens (tertiary/aromatic N) is 3. The molecule has 1 aliphatic heterocycles. The second-order valence-electron chi connectivity index (χ2n) is 8.09. The van der Waals surface area contributed by atoms with Crippen molar-refractivity contribution in [1.29, 1.82) is 0 Å². The maximum absolute atomic E-state index is 4.59. The van der Waals surface area contributed by atoms with Gasteiger partial charge in [-0.3, -0.25) is 9.88 Å². The Morgan fingerprint density at radius 2 is 1.79 bits per heavy atom. The van der Waals surface area contributed by atoms with Gasteiger partial charge < -0.3 is 0 Å². The van der Waals surface area contributed by atoms with Gasteiger partial charge in [0.25, 0.3) is 0 Å². The lowest BCUT2D eigenvalue weighted by atomic mass is 10.0. The molecule has 2 radical (unpaired) electrons. The van der Waals surface area contributed by atoms with Crippen LogP contribution in [-0.4, -0.2) is 37.5 Å². The molecule has 1 aliphatic rings. The van der Waals surface area contributed by atoms with Crippen LogP contribution in [0.2, 0.25) is 5.54 Å². The van der Waals surface area contributed by atoms with Gasteiger partial charge in [0, 0.05) is 26.9 Å². The molecule has 1 atom stereocenters. The van der Waals surface area contributed by atoms with Crippen molar-refractivity contribution in [3.05, 3.63) is 57.9 Å². The first-order valence-corrected chi connectivity index (χ1v) is 12.4. The van der Waals surface area contributed by atoms with Crippen LogP contribution in [0.4, 0.5) is 0 Å². The second-order valence-corrected chi connectivity index (χ2v) is 10.9. The van der Waals surface area contributed by atoms with Crippen molar-refractivity contribution >= 4 is 31.1 Å². The van der Waals surface area contributed by atoms with Gasteiger partial charge in [-0.2, -0.15) is 0 Å². The van der Waals surface area contributed by atoms with Crippen LogP contribution >= 0.6 is 11.3 Å². The number of benzene rings is 1. The summed E-state index contributed by atoms with van der Waals surface area (Å²) in [6.45, 7) is 11.1. The third kappa shape index (κ3) is 4.53. The minimum absolute atomic E-state index is 0.488. The fraction of sp³-hybridized carbons (Fsp3) is 0.478. The Kier molecular flexibility index (Phi) is 5.95. The van der Waals surface area contributed by atoms with Crippen LogP contribution in [0, 0.1) is 20.8 Å². The molecule has 146 valence electrons. The number of fused-ring (bicyclic) bond motifs is 1. The quantitative estimate of drug-likeness (QED) is 0.525. The van der Waals surface area contributed by atoms with Crippen molar-refractivity contribution in [3.8, 4) is 0 Å². The molecule has 0 amide bonds. The highest BCUT2D eigenvalue weighted by Crippen LogP contribution is 2.32. The van der Waals surface area contributed by atoms with E-state index in [0.717, 1.165) is 37.0 Å². The fourth-order valence-corrected chi connectivity index (χ4v) is 6.57. The molecule has 2 aromatic heterocycles. The van der Waals surface area contributed by atoms with Crippen LogP contribution in [0.1, 0.15) is 53.3 Å². The van der Waals surface area contributed by atoms with Crippen LogP contribution < -0.4 is 0 Å². The SMILES string of the molecule is Cc1cc(C[Si]C2CCN(C(C)c3ccc4nc(C)sc4c3)CC2)cc(C)n1. The van der Waals surface area contributed by atoms with Gasteiger partial charge in [0.1, 0.15) is 0 Å². The smallest absolute Gasteiger partial charge is 0.0907 e. The number of thiazole rings is 1. The van der Waals surface area contributed by atoms with Crippen molar-refractivity contribution < 1.29 is 0 Å². The van der Waals surface area contributed by atoms with E-state index in [1.54, 1.807) is 11.3 Å². The molecular formula is C23H29N3SSi. The molecule has 3 nitrogen and oxygen atoms in total. The number of rotatable bonds is 5. The number of aromatic nitrogens is 2. The summed E-state index contributed by atoms with van der Waals surface area (Å²) >= 11 is 1.80. The zero-order chi connectivity index (χ0) is 19.7. The lowest BCUT2D eigenvalue weighted by Crippen LogP contribution is -2.35. The summed E-state index contributed by atoms with van der Waals surface area (Å²) in [6.07, 6.45) is 2.65. The Labute approximate surface area is 175 Å². The van der Waals surface area contributed by atoms with Crippen molar-refractivity contribution in [2.45, 2.75) is 58.2 Å². The average Bonchev–Trinajstić information content (AvgIpc) is 3.04. The molecule has 1 aromatic carbocycles. The first kappa shape index (κ1) is 19.7. The van der Waals surface area contributed by atoms with Crippen LogP contribution in [0.15, 0.2) is 30.3 Å². The molecular weight excluding hydrogens is 378 g/mol. The second kappa shape index (κ2) is 8.43. The third-order valence-electron chi connectivity index (χ3n) is 5.82. The lowest BCUT2D eigenvalue weighted by molar-refractivity contribution is 0.174. The van der Waals surface area contributed by atoms with E-state index in [2.05, 4.69) is 72.9 Å². The summed E-state index contributed by atoms with van der Waals surface area (Å²) in [7, 11) is 1.03. The van der Waals surface area contributed by atoms with E-state index in [4.69, 9.17) is 0 Å². The number of pyridine rings is 1. The predicted molar refractivity (Wildman–Crippen MR) is 120 cm³/mol. The fourth-order valence-electron chi connectivity index (χ4n) is 4.30. The molecule has 0 bridgehead atoms. The van der Waals surface area contributed by atoms with Gasteiger partial charge in [-0.1, -0.05) is 6.07 Å². The minimum atomic E-state index is 0.488. The van der Waals surface area contributed by atoms with E-state index in [9.17, 15) is 0 Å². The number of aryl methyl sites for hydroxylation is 3. The van der Waals surface area contributed by atoms with E-state index in [0.29, 0.717) is 6.04 Å². The average molecular weight is 408 g/mol. The standard InChI is InChI=1S/C23H29N3SSi/c1-15-11-19(12-16(2)24-15)14-28-21-7-9-26(10-8-21)17(3)20-5-6-22-23(13-20)27-18(4)25-22/h5-6,11-13,17,21H,7-10,14H2,1-4H3. The molecule has 0 N–H and O–H groups in total. The molecule has 1 fully saturated rings. The van der Waals surface area contributed by atoms with Gasteiger partial charge in [-0.05, 0) is 101 Å². The lowest BCUT2D eigenvalue weighted by Gasteiger charge is -2.36. The highest BCUT2D eigenvalue weighted by molar-refractivity contribution is 7.18. The Hall–Kier alpha value is -1.56. The van der Waals surface area contributed by atoms with Crippen LogP contribution in [0.3, 0.4) is 0 Å². The van der Waals surface area contributed by atoms with Gasteiger partial charge in [0.2, 0.25) is 0 Å². The van der Waals surface area contributed by atoms with Gasteiger partial charge >= 0.3 is 0 Å². The van der Waals surface area contributed by atoms with Gasteiger partial charge in [0.15, 0.2) is 0 Å². The van der Waals surface area contributed by atoms with Crippen molar-refractivity contribution in [1.82, 2.24) is 14.9 Å². The van der Waals surface area contributed by atoms with Gasteiger partial charge in [-0.15, -0.1) is 11.3 Å². The van der Waals surface area contributed by atoms with Crippen molar-refractivity contribution in [2.75, 3.05) is 13.1 Å². The molecule has 28 heavy (non-hydrogen) atoms. The minimum Gasteiger partial charge on any atom is -0.297 e. The Bertz CT molecular complexity index is 939. The Morgan fingerprint density at radius 3 is 2.50 bits per heavy atom. The third-order valence-corrected chi connectivity index (χ3v) is 8.52. The molecule has 4 rings (SSSR count). The summed E-state index contributed by atoms with van der Waals surface area (Å²) in [5, 5.41) is 1.15. The number of likely N-dealkylation sites (tertiary alicyclic amines) is 1. The number of piperidine rings is 1. The monoisotopic (exact) mass is 407 g/mol. The van der Waals surface area contributed by atoms with E-state index < -0.39 is 0 Å². The molecule has 1 saturated heterocycles. The first-order valence-electron chi connectivity index (χ1n) is 10.3. The zero-order valence-electron chi connectivity index (χ0n) is 17.3. The van der Waals surface area contributed by atoms with Crippen LogP contribution in [-0.2, 0) is 6.04 Å². The molecule has 5 heteroatoms. The van der Waals surface area contributed by atoms with E-state index in [-0.39, 0.29) is 0 Å². The molecule has 3 heterocycles. The molecule has 0 aliphatic carbocycles. The zero-order valence-corrected chi connectivity index (χ0v) is 19.1. The normalized spacial score (nSPS) is 17.3. The summed E-state index contributed by atoms with van der Waals surface area (Å²) < 4.78 is 1.32. The van der Waals surface area contributed by atoms with E-state index in [1.807, 2.05) is 0 Å². The number of hydrogen-bond acceptors (Lipinski definition) is 4. The Balaban J connectivity index is 1.32.